The number of carbonyl (C=O) groups is 1. The Morgan fingerprint density at radius 2 is 2.22 bits per heavy atom. The monoisotopic (exact) mass is 308 g/mol. The highest BCUT2D eigenvalue weighted by Crippen LogP contribution is 2.29. The lowest BCUT2D eigenvalue weighted by molar-refractivity contribution is -0.118. The zero-order chi connectivity index (χ0) is 13.3. The van der Waals surface area contributed by atoms with Gasteiger partial charge in [0.2, 0.25) is 5.91 Å². The minimum Gasteiger partial charge on any atom is -0.398 e. The van der Waals surface area contributed by atoms with Crippen LogP contribution in [0.4, 0.5) is 11.4 Å². The van der Waals surface area contributed by atoms with Crippen LogP contribution in [0.25, 0.3) is 10.9 Å². The highest BCUT2D eigenvalue weighted by atomic mass is 79.9. The molecule has 6 heteroatoms. The summed E-state index contributed by atoms with van der Waals surface area (Å²) >= 11 is 3.35. The Kier molecular flexibility index (Phi) is 3.38. The second-order valence-electron chi connectivity index (χ2n) is 4.02. The van der Waals surface area contributed by atoms with E-state index in [4.69, 9.17) is 11.5 Å². The predicted octanol–water partition coefficient (Wildman–Crippen LogP) is 1.87. The third kappa shape index (κ3) is 2.38. The van der Waals surface area contributed by atoms with E-state index in [2.05, 4.69) is 26.2 Å². The van der Waals surface area contributed by atoms with Crippen LogP contribution in [-0.2, 0) is 4.79 Å². The third-order valence-corrected chi connectivity index (χ3v) is 3.08. The number of benzene rings is 1. The molecule has 5 nitrogen and oxygen atoms in total. The normalized spacial score (nSPS) is 12.3. The van der Waals surface area contributed by atoms with Gasteiger partial charge < -0.3 is 16.8 Å². The van der Waals surface area contributed by atoms with Gasteiger partial charge in [-0.1, -0.05) is 0 Å². The second kappa shape index (κ2) is 4.81. The second-order valence-corrected chi connectivity index (χ2v) is 4.94. The van der Waals surface area contributed by atoms with E-state index in [0.717, 1.165) is 15.5 Å². The smallest absolute Gasteiger partial charge is 0.239 e. The summed E-state index contributed by atoms with van der Waals surface area (Å²) in [6.07, 6.45) is 1.68. The van der Waals surface area contributed by atoms with Crippen LogP contribution >= 0.6 is 15.9 Å². The molecule has 1 unspecified atom stereocenters. The fourth-order valence-electron chi connectivity index (χ4n) is 1.64. The van der Waals surface area contributed by atoms with Gasteiger partial charge in [-0.25, -0.2) is 0 Å². The number of nitrogens with two attached hydrogens (primary N) is 2. The number of halogens is 1. The first-order valence-electron chi connectivity index (χ1n) is 5.38. The summed E-state index contributed by atoms with van der Waals surface area (Å²) in [6, 6.07) is 4.98. The number of pyridine rings is 1. The molecule has 1 atom stereocenters. The van der Waals surface area contributed by atoms with Crippen LogP contribution in [0.2, 0.25) is 0 Å². The predicted molar refractivity (Wildman–Crippen MR) is 76.1 cm³/mol. The molecule has 0 bridgehead atoms. The molecule has 0 fully saturated rings. The zero-order valence-corrected chi connectivity index (χ0v) is 11.4. The van der Waals surface area contributed by atoms with Gasteiger partial charge in [0.25, 0.3) is 0 Å². The lowest BCUT2D eigenvalue weighted by atomic mass is 10.1. The largest absolute Gasteiger partial charge is 0.398 e. The highest BCUT2D eigenvalue weighted by molar-refractivity contribution is 9.10. The van der Waals surface area contributed by atoms with Crippen molar-refractivity contribution in [2.45, 2.75) is 13.0 Å². The first kappa shape index (κ1) is 12.6. The maximum atomic E-state index is 11.1. The van der Waals surface area contributed by atoms with E-state index in [1.165, 1.54) is 0 Å². The number of aromatic nitrogens is 1. The Balaban J connectivity index is 2.52. The quantitative estimate of drug-likeness (QED) is 0.754. The van der Waals surface area contributed by atoms with Crippen LogP contribution in [0.1, 0.15) is 6.92 Å². The highest BCUT2D eigenvalue weighted by Gasteiger charge is 2.12. The van der Waals surface area contributed by atoms with E-state index in [1.807, 2.05) is 6.07 Å². The molecule has 5 N–H and O–H groups in total. The molecule has 0 aliphatic rings. The minimum atomic E-state index is -0.470. The Labute approximate surface area is 113 Å². The van der Waals surface area contributed by atoms with E-state index < -0.39 is 11.9 Å². The van der Waals surface area contributed by atoms with E-state index in [1.54, 1.807) is 25.3 Å². The Hall–Kier alpha value is -1.82. The van der Waals surface area contributed by atoms with Gasteiger partial charge in [0.1, 0.15) is 6.04 Å². The van der Waals surface area contributed by atoms with Crippen molar-refractivity contribution in [2.75, 3.05) is 11.1 Å². The van der Waals surface area contributed by atoms with Crippen LogP contribution in [0.3, 0.4) is 0 Å². The molecule has 1 aromatic heterocycles. The molecule has 0 saturated heterocycles. The standard InChI is InChI=1S/C12H13BrN4O/c1-6(12(15)18)17-10-3-2-9(14)8-4-7(13)5-16-11(8)10/h2-6,17H,14H2,1H3,(H2,15,18). The number of nitrogens with one attached hydrogen (secondary N) is 1. The number of nitrogen functional groups attached to an aromatic ring is 1. The van der Waals surface area contributed by atoms with Crippen molar-refractivity contribution in [1.82, 2.24) is 4.98 Å². The first-order chi connectivity index (χ1) is 8.49. The Morgan fingerprint density at radius 3 is 2.89 bits per heavy atom. The summed E-state index contributed by atoms with van der Waals surface area (Å²) in [5.74, 6) is -0.419. The lowest BCUT2D eigenvalue weighted by Gasteiger charge is -2.14. The lowest BCUT2D eigenvalue weighted by Crippen LogP contribution is -2.32. The summed E-state index contributed by atoms with van der Waals surface area (Å²) in [5.41, 5.74) is 13.2. The molecule has 2 aromatic rings. The van der Waals surface area contributed by atoms with Crippen molar-refractivity contribution in [3.05, 3.63) is 28.9 Å². The molecule has 0 aliphatic heterocycles. The van der Waals surface area contributed by atoms with Gasteiger partial charge in [0.15, 0.2) is 0 Å². The van der Waals surface area contributed by atoms with Crippen LogP contribution in [-0.4, -0.2) is 16.9 Å². The molecule has 0 aliphatic carbocycles. The molecule has 0 saturated carbocycles. The number of hydrogen-bond donors (Lipinski definition) is 3. The Morgan fingerprint density at radius 1 is 1.50 bits per heavy atom. The van der Waals surface area contributed by atoms with Crippen LogP contribution in [0.5, 0.6) is 0 Å². The number of anilines is 2. The van der Waals surface area contributed by atoms with E-state index in [9.17, 15) is 4.79 Å². The summed E-state index contributed by atoms with van der Waals surface area (Å²) < 4.78 is 0.849. The number of fused-ring (bicyclic) bond motifs is 1. The number of amides is 1. The summed E-state index contributed by atoms with van der Waals surface area (Å²) in [5, 5.41) is 3.85. The maximum absolute atomic E-state index is 11.1. The van der Waals surface area contributed by atoms with Gasteiger partial charge in [-0.15, -0.1) is 0 Å². The summed E-state index contributed by atoms with van der Waals surface area (Å²) in [7, 11) is 0. The third-order valence-electron chi connectivity index (χ3n) is 2.65. The molecule has 18 heavy (non-hydrogen) atoms. The number of rotatable bonds is 3. The molecular formula is C12H13BrN4O. The minimum absolute atomic E-state index is 0.419. The Bertz CT molecular complexity index is 614. The molecule has 1 heterocycles. The van der Waals surface area contributed by atoms with Crippen molar-refractivity contribution in [3.63, 3.8) is 0 Å². The average Bonchev–Trinajstić information content (AvgIpc) is 2.32. The van der Waals surface area contributed by atoms with Crippen LogP contribution < -0.4 is 16.8 Å². The number of carbonyl (C=O) groups excluding carboxylic acids is 1. The molecule has 1 aromatic carbocycles. The topological polar surface area (TPSA) is 94.0 Å². The molecule has 94 valence electrons. The van der Waals surface area contributed by atoms with Crippen molar-refractivity contribution in [2.24, 2.45) is 5.73 Å². The SMILES string of the molecule is CC(Nc1ccc(N)c2cc(Br)cnc12)C(N)=O. The fourth-order valence-corrected chi connectivity index (χ4v) is 1.97. The maximum Gasteiger partial charge on any atom is 0.239 e. The molecular weight excluding hydrogens is 296 g/mol. The van der Waals surface area contributed by atoms with Crippen molar-refractivity contribution in [3.8, 4) is 0 Å². The van der Waals surface area contributed by atoms with Gasteiger partial charge >= 0.3 is 0 Å². The van der Waals surface area contributed by atoms with Gasteiger partial charge in [-0.2, -0.15) is 0 Å². The molecule has 0 spiro atoms. The van der Waals surface area contributed by atoms with Crippen molar-refractivity contribution >= 4 is 44.1 Å². The number of hydrogen-bond acceptors (Lipinski definition) is 4. The van der Waals surface area contributed by atoms with Crippen molar-refractivity contribution in [1.29, 1.82) is 0 Å². The molecule has 0 radical (unpaired) electrons. The number of primary amides is 1. The van der Waals surface area contributed by atoms with E-state index >= 15 is 0 Å². The van der Waals surface area contributed by atoms with Crippen molar-refractivity contribution < 1.29 is 4.79 Å². The average molecular weight is 309 g/mol. The molecule has 1 amide bonds. The first-order valence-corrected chi connectivity index (χ1v) is 6.18. The summed E-state index contributed by atoms with van der Waals surface area (Å²) in [4.78, 5) is 15.4. The van der Waals surface area contributed by atoms with E-state index in [-0.39, 0.29) is 0 Å². The zero-order valence-electron chi connectivity index (χ0n) is 9.77. The van der Waals surface area contributed by atoms with Gasteiger partial charge in [-0.05, 0) is 41.1 Å². The van der Waals surface area contributed by atoms with Crippen LogP contribution in [0, 0.1) is 0 Å². The van der Waals surface area contributed by atoms with Gasteiger partial charge in [0, 0.05) is 21.7 Å². The number of nitrogens with zero attached hydrogens (tertiary/aromatic N) is 1. The van der Waals surface area contributed by atoms with Crippen LogP contribution in [0.15, 0.2) is 28.9 Å². The van der Waals surface area contributed by atoms with E-state index in [0.29, 0.717) is 11.2 Å². The van der Waals surface area contributed by atoms with Gasteiger partial charge in [0.05, 0.1) is 11.2 Å². The van der Waals surface area contributed by atoms with Gasteiger partial charge in [-0.3, -0.25) is 9.78 Å². The summed E-state index contributed by atoms with van der Waals surface area (Å²) in [6.45, 7) is 1.70. The fraction of sp³-hybridized carbons (Fsp3) is 0.167. The molecule has 2 rings (SSSR count).